The first-order valence-corrected chi connectivity index (χ1v) is 12.6. The molecule has 4 aromatic rings. The smallest absolute Gasteiger partial charge is 0.266 e. The van der Waals surface area contributed by atoms with Gasteiger partial charge < -0.3 is 5.32 Å². The predicted molar refractivity (Wildman–Crippen MR) is 139 cm³/mol. The van der Waals surface area contributed by atoms with Gasteiger partial charge in [0, 0.05) is 4.90 Å². The molecule has 0 aliphatic carbocycles. The van der Waals surface area contributed by atoms with Crippen LogP contribution in [0.5, 0.6) is 0 Å². The Morgan fingerprint density at radius 3 is 2.65 bits per heavy atom. The molecule has 0 saturated carbocycles. The third kappa shape index (κ3) is 5.16. The normalized spacial score (nSPS) is 10.7. The van der Waals surface area contributed by atoms with E-state index >= 15 is 0 Å². The van der Waals surface area contributed by atoms with E-state index in [1.807, 2.05) is 68.4 Å². The molecule has 34 heavy (non-hydrogen) atoms. The van der Waals surface area contributed by atoms with Crippen LogP contribution in [0.1, 0.15) is 11.1 Å². The molecule has 1 heterocycles. The van der Waals surface area contributed by atoms with Gasteiger partial charge in [-0.1, -0.05) is 48.2 Å². The maximum atomic E-state index is 13.5. The number of nitrogens with zero attached hydrogens (tertiary/aromatic N) is 3. The minimum atomic E-state index is -0.218. The fourth-order valence-corrected chi connectivity index (χ4v) is 4.98. The molecule has 170 valence electrons. The van der Waals surface area contributed by atoms with Crippen LogP contribution in [0.2, 0.25) is 0 Å². The molecule has 0 saturated heterocycles. The summed E-state index contributed by atoms with van der Waals surface area (Å²) in [6, 6.07) is 22.6. The van der Waals surface area contributed by atoms with E-state index < -0.39 is 0 Å². The number of thioether (sulfide) groups is 2. The van der Waals surface area contributed by atoms with Crippen LogP contribution >= 0.6 is 23.5 Å². The van der Waals surface area contributed by atoms with E-state index in [2.05, 4.69) is 11.4 Å². The monoisotopic (exact) mass is 486 g/mol. The minimum absolute atomic E-state index is 0.0763. The number of nitrogens with one attached hydrogen (secondary N) is 1. The summed E-state index contributed by atoms with van der Waals surface area (Å²) in [6.45, 7) is 3.93. The van der Waals surface area contributed by atoms with Gasteiger partial charge in [-0.3, -0.25) is 14.2 Å². The number of nitriles is 1. The Labute approximate surface area is 206 Å². The predicted octanol–water partition coefficient (Wildman–Crippen LogP) is 5.35. The number of aryl methyl sites for hydroxylation is 2. The molecule has 0 unspecified atom stereocenters. The van der Waals surface area contributed by atoms with Gasteiger partial charge in [-0.2, -0.15) is 5.26 Å². The average molecular weight is 487 g/mol. The first kappa shape index (κ1) is 23.6. The summed E-state index contributed by atoms with van der Waals surface area (Å²) in [5, 5.41) is 12.8. The van der Waals surface area contributed by atoms with Crippen LogP contribution in [0, 0.1) is 25.2 Å². The third-order valence-electron chi connectivity index (χ3n) is 5.14. The molecule has 0 fully saturated rings. The van der Waals surface area contributed by atoms with Crippen molar-refractivity contribution >= 4 is 46.0 Å². The van der Waals surface area contributed by atoms with Crippen molar-refractivity contribution < 1.29 is 4.79 Å². The highest BCUT2D eigenvalue weighted by atomic mass is 32.2. The molecule has 1 amide bonds. The standard InChI is InChI=1S/C26H22N4O2S2/c1-17-11-12-18(2)22(15-17)30-25(32)19-7-3-4-8-20(19)29-26(30)34-16-24(31)28-21-9-5-6-10-23(21)33-14-13-27/h3-12,15H,14,16H2,1-2H3,(H,28,31). The lowest BCUT2D eigenvalue weighted by molar-refractivity contribution is -0.113. The third-order valence-corrected chi connectivity index (χ3v) is 7.02. The van der Waals surface area contributed by atoms with Gasteiger partial charge >= 0.3 is 0 Å². The number of benzene rings is 3. The van der Waals surface area contributed by atoms with E-state index in [9.17, 15) is 9.59 Å². The summed E-state index contributed by atoms with van der Waals surface area (Å²) in [4.78, 5) is 31.8. The van der Waals surface area contributed by atoms with Gasteiger partial charge in [0.15, 0.2) is 5.16 Å². The van der Waals surface area contributed by atoms with Crippen LogP contribution in [0.4, 0.5) is 5.69 Å². The number of carbonyl (C=O) groups is 1. The van der Waals surface area contributed by atoms with Gasteiger partial charge in [-0.25, -0.2) is 4.98 Å². The molecule has 0 atom stereocenters. The number of amides is 1. The summed E-state index contributed by atoms with van der Waals surface area (Å²) in [7, 11) is 0. The SMILES string of the molecule is Cc1ccc(C)c(-n2c(SCC(=O)Nc3ccccc3SCC#N)nc3ccccc3c2=O)c1. The van der Waals surface area contributed by atoms with Gasteiger partial charge in [-0.05, 0) is 55.3 Å². The number of rotatable bonds is 7. The number of para-hydroxylation sites is 2. The summed E-state index contributed by atoms with van der Waals surface area (Å²) in [6.07, 6.45) is 0. The Balaban J connectivity index is 1.66. The maximum Gasteiger partial charge on any atom is 0.266 e. The van der Waals surface area contributed by atoms with Crippen molar-refractivity contribution in [3.8, 4) is 11.8 Å². The molecule has 8 heteroatoms. The number of fused-ring (bicyclic) bond motifs is 1. The van der Waals surface area contributed by atoms with Gasteiger partial charge in [0.25, 0.3) is 5.56 Å². The van der Waals surface area contributed by atoms with Gasteiger partial charge in [0.2, 0.25) is 5.91 Å². The van der Waals surface area contributed by atoms with Crippen molar-refractivity contribution in [2.45, 2.75) is 23.9 Å². The van der Waals surface area contributed by atoms with Crippen LogP contribution in [0.15, 0.2) is 81.6 Å². The molecule has 0 aliphatic heterocycles. The quantitative estimate of drug-likeness (QED) is 0.280. The first-order chi connectivity index (χ1) is 16.5. The molecule has 0 radical (unpaired) electrons. The Hall–Kier alpha value is -3.54. The summed E-state index contributed by atoms with van der Waals surface area (Å²) in [5.41, 5.74) is 3.81. The van der Waals surface area contributed by atoms with E-state index in [0.29, 0.717) is 27.5 Å². The summed E-state index contributed by atoms with van der Waals surface area (Å²) >= 11 is 2.59. The fraction of sp³-hybridized carbons (Fsp3) is 0.154. The molecule has 6 nitrogen and oxygen atoms in total. The molecule has 4 rings (SSSR count). The largest absolute Gasteiger partial charge is 0.324 e. The fourth-order valence-electron chi connectivity index (χ4n) is 3.50. The van der Waals surface area contributed by atoms with Gasteiger partial charge in [0.05, 0.1) is 39.9 Å². The minimum Gasteiger partial charge on any atom is -0.324 e. The lowest BCUT2D eigenvalue weighted by Crippen LogP contribution is -2.23. The van der Waals surface area contributed by atoms with Crippen LogP contribution in [0.25, 0.3) is 16.6 Å². The van der Waals surface area contributed by atoms with Gasteiger partial charge in [-0.15, -0.1) is 11.8 Å². The van der Waals surface area contributed by atoms with Crippen molar-refractivity contribution in [2.24, 2.45) is 0 Å². The van der Waals surface area contributed by atoms with Crippen molar-refractivity contribution in [3.05, 3.63) is 88.2 Å². The second-order valence-electron chi connectivity index (χ2n) is 7.62. The zero-order valence-electron chi connectivity index (χ0n) is 18.7. The molecule has 0 aliphatic rings. The topological polar surface area (TPSA) is 87.8 Å². The first-order valence-electron chi connectivity index (χ1n) is 10.6. The van der Waals surface area contributed by atoms with Gasteiger partial charge in [0.1, 0.15) is 0 Å². The van der Waals surface area contributed by atoms with E-state index in [0.717, 1.165) is 21.7 Å². The highest BCUT2D eigenvalue weighted by molar-refractivity contribution is 8.00. The summed E-state index contributed by atoms with van der Waals surface area (Å²) < 4.78 is 1.60. The molecule has 1 aromatic heterocycles. The Kier molecular flexibility index (Phi) is 7.36. The van der Waals surface area contributed by atoms with Crippen LogP contribution in [-0.2, 0) is 4.79 Å². The van der Waals surface area contributed by atoms with E-state index in [-0.39, 0.29) is 17.2 Å². The number of anilines is 1. The number of aromatic nitrogens is 2. The molecule has 0 spiro atoms. The molecule has 1 N–H and O–H groups in total. The van der Waals surface area contributed by atoms with Crippen LogP contribution < -0.4 is 10.9 Å². The Morgan fingerprint density at radius 1 is 1.06 bits per heavy atom. The van der Waals surface area contributed by atoms with Crippen molar-refractivity contribution in [3.63, 3.8) is 0 Å². The summed E-state index contributed by atoms with van der Waals surface area (Å²) in [5.74, 6) is 0.155. The van der Waals surface area contributed by atoms with Crippen molar-refractivity contribution in [1.82, 2.24) is 9.55 Å². The Bertz CT molecular complexity index is 1470. The molecule has 0 bridgehead atoms. The number of hydrogen-bond donors (Lipinski definition) is 1. The van der Waals surface area contributed by atoms with E-state index in [1.54, 1.807) is 16.7 Å². The second-order valence-corrected chi connectivity index (χ2v) is 9.58. The van der Waals surface area contributed by atoms with Crippen molar-refractivity contribution in [1.29, 1.82) is 5.26 Å². The number of hydrogen-bond acceptors (Lipinski definition) is 6. The average Bonchev–Trinajstić information content (AvgIpc) is 2.84. The van der Waals surface area contributed by atoms with E-state index in [1.165, 1.54) is 23.5 Å². The zero-order chi connectivity index (χ0) is 24.1. The zero-order valence-corrected chi connectivity index (χ0v) is 20.4. The lowest BCUT2D eigenvalue weighted by atomic mass is 10.1. The van der Waals surface area contributed by atoms with E-state index in [4.69, 9.17) is 10.2 Å². The van der Waals surface area contributed by atoms with Crippen LogP contribution in [-0.4, -0.2) is 27.0 Å². The Morgan fingerprint density at radius 2 is 1.82 bits per heavy atom. The highest BCUT2D eigenvalue weighted by Gasteiger charge is 2.17. The maximum absolute atomic E-state index is 13.5. The second kappa shape index (κ2) is 10.6. The number of carbonyl (C=O) groups excluding carboxylic acids is 1. The lowest BCUT2D eigenvalue weighted by Gasteiger charge is -2.16. The molecular weight excluding hydrogens is 464 g/mol. The highest BCUT2D eigenvalue weighted by Crippen LogP contribution is 2.28. The molecule has 3 aromatic carbocycles. The molecular formula is C26H22N4O2S2. The van der Waals surface area contributed by atoms with Crippen LogP contribution in [0.3, 0.4) is 0 Å². The van der Waals surface area contributed by atoms with Crippen molar-refractivity contribution in [2.75, 3.05) is 16.8 Å².